The molecule has 5 heteroatoms. The van der Waals surface area contributed by atoms with E-state index < -0.39 is 6.03 Å². The van der Waals surface area contributed by atoms with Crippen LogP contribution >= 0.6 is 0 Å². The van der Waals surface area contributed by atoms with Crippen LogP contribution in [0.15, 0.2) is 0 Å². The lowest BCUT2D eigenvalue weighted by molar-refractivity contribution is -0.152. The molecule has 0 aromatic carbocycles. The van der Waals surface area contributed by atoms with Crippen molar-refractivity contribution in [2.75, 3.05) is 19.7 Å². The van der Waals surface area contributed by atoms with Crippen molar-refractivity contribution in [2.45, 2.75) is 33.6 Å². The van der Waals surface area contributed by atoms with E-state index in [0.29, 0.717) is 32.5 Å². The van der Waals surface area contributed by atoms with Crippen LogP contribution in [0.3, 0.4) is 0 Å². The Bertz CT molecular complexity index is 289. The summed E-state index contributed by atoms with van der Waals surface area (Å²) < 4.78 is 5.27. The molecule has 17 heavy (non-hydrogen) atoms. The van der Waals surface area contributed by atoms with Crippen LogP contribution in [-0.4, -0.2) is 36.6 Å². The van der Waals surface area contributed by atoms with E-state index in [9.17, 15) is 9.59 Å². The quantitative estimate of drug-likeness (QED) is 0.743. The summed E-state index contributed by atoms with van der Waals surface area (Å²) in [6.07, 6.45) is 1.29. The van der Waals surface area contributed by atoms with Crippen LogP contribution in [0, 0.1) is 11.3 Å². The van der Waals surface area contributed by atoms with Crippen molar-refractivity contribution in [3.8, 4) is 0 Å². The van der Waals surface area contributed by atoms with Crippen molar-refractivity contribution in [1.82, 2.24) is 4.90 Å². The zero-order valence-corrected chi connectivity index (χ0v) is 10.9. The first-order valence-corrected chi connectivity index (χ1v) is 6.00. The van der Waals surface area contributed by atoms with Gasteiger partial charge in [-0.15, -0.1) is 0 Å². The normalized spacial score (nSPS) is 17.9. The minimum Gasteiger partial charge on any atom is -0.465 e. The number of carbonyl (C=O) groups is 2. The van der Waals surface area contributed by atoms with Crippen molar-refractivity contribution in [1.29, 1.82) is 0 Å². The molecule has 1 aliphatic rings. The van der Waals surface area contributed by atoms with Gasteiger partial charge in [-0.1, -0.05) is 20.8 Å². The highest BCUT2D eigenvalue weighted by atomic mass is 16.5. The Hall–Kier alpha value is -1.26. The molecule has 0 unspecified atom stereocenters. The first-order valence-electron chi connectivity index (χ1n) is 6.00. The van der Waals surface area contributed by atoms with Crippen LogP contribution in [-0.2, 0) is 9.53 Å². The number of esters is 1. The smallest absolute Gasteiger partial charge is 0.314 e. The zero-order chi connectivity index (χ0) is 13.1. The van der Waals surface area contributed by atoms with E-state index in [1.807, 2.05) is 20.8 Å². The molecule has 0 atom stereocenters. The van der Waals surface area contributed by atoms with Gasteiger partial charge in [-0.3, -0.25) is 4.79 Å². The van der Waals surface area contributed by atoms with Gasteiger partial charge in [-0.25, -0.2) is 4.79 Å². The zero-order valence-electron chi connectivity index (χ0n) is 10.9. The molecule has 0 aliphatic carbocycles. The number of carbonyl (C=O) groups excluding carboxylic acids is 2. The summed E-state index contributed by atoms with van der Waals surface area (Å²) >= 11 is 0. The largest absolute Gasteiger partial charge is 0.465 e. The van der Waals surface area contributed by atoms with Crippen LogP contribution < -0.4 is 5.73 Å². The van der Waals surface area contributed by atoms with Gasteiger partial charge in [-0.05, 0) is 18.3 Å². The molecular weight excluding hydrogens is 220 g/mol. The molecule has 0 radical (unpaired) electrons. The Labute approximate surface area is 102 Å². The van der Waals surface area contributed by atoms with Gasteiger partial charge in [0.25, 0.3) is 0 Å². The van der Waals surface area contributed by atoms with Gasteiger partial charge in [-0.2, -0.15) is 0 Å². The molecule has 0 spiro atoms. The number of primary amides is 1. The Morgan fingerprint density at radius 2 is 1.82 bits per heavy atom. The predicted octanol–water partition coefficient (Wildman–Crippen LogP) is 1.37. The minimum atomic E-state index is -0.411. The maximum atomic E-state index is 11.8. The third kappa shape index (κ3) is 4.63. The summed E-state index contributed by atoms with van der Waals surface area (Å²) in [7, 11) is 0. The lowest BCUT2D eigenvalue weighted by atomic mass is 9.96. The highest BCUT2D eigenvalue weighted by Gasteiger charge is 2.28. The SMILES string of the molecule is CC(C)(C)COC(=O)C1CCN(C(N)=O)CC1. The monoisotopic (exact) mass is 242 g/mol. The summed E-state index contributed by atoms with van der Waals surface area (Å²) in [5, 5.41) is 0. The van der Waals surface area contributed by atoms with Gasteiger partial charge in [0.1, 0.15) is 0 Å². The van der Waals surface area contributed by atoms with Crippen molar-refractivity contribution >= 4 is 12.0 Å². The van der Waals surface area contributed by atoms with E-state index in [1.54, 1.807) is 4.90 Å². The van der Waals surface area contributed by atoms with Gasteiger partial charge in [0, 0.05) is 13.1 Å². The van der Waals surface area contributed by atoms with Crippen LogP contribution in [0.1, 0.15) is 33.6 Å². The molecule has 1 aliphatic heterocycles. The fourth-order valence-corrected chi connectivity index (χ4v) is 1.74. The molecule has 2 amide bonds. The molecular formula is C12H22N2O3. The molecule has 0 bridgehead atoms. The van der Waals surface area contributed by atoms with Crippen LogP contribution in [0.5, 0.6) is 0 Å². The number of rotatable bonds is 2. The number of amides is 2. The highest BCUT2D eigenvalue weighted by molar-refractivity contribution is 5.74. The van der Waals surface area contributed by atoms with Crippen molar-refractivity contribution in [3.05, 3.63) is 0 Å². The van der Waals surface area contributed by atoms with Crippen molar-refractivity contribution < 1.29 is 14.3 Å². The maximum absolute atomic E-state index is 11.8. The molecule has 98 valence electrons. The Balaban J connectivity index is 2.33. The van der Waals surface area contributed by atoms with Gasteiger partial charge < -0.3 is 15.4 Å². The molecule has 0 saturated carbocycles. The predicted molar refractivity (Wildman–Crippen MR) is 64.3 cm³/mol. The number of urea groups is 1. The van der Waals surface area contributed by atoms with Crippen LogP contribution in [0.25, 0.3) is 0 Å². The third-order valence-corrected chi connectivity index (χ3v) is 2.79. The standard InChI is InChI=1S/C12H22N2O3/c1-12(2,3)8-17-10(15)9-4-6-14(7-5-9)11(13)16/h9H,4-8H2,1-3H3,(H2,13,16). The van der Waals surface area contributed by atoms with Crippen molar-refractivity contribution in [2.24, 2.45) is 17.1 Å². The Morgan fingerprint density at radius 1 is 1.29 bits per heavy atom. The fraction of sp³-hybridized carbons (Fsp3) is 0.833. The minimum absolute atomic E-state index is 0.0103. The van der Waals surface area contributed by atoms with Gasteiger partial charge >= 0.3 is 12.0 Å². The van der Waals surface area contributed by atoms with Crippen LogP contribution in [0.2, 0.25) is 0 Å². The number of nitrogens with zero attached hydrogens (tertiary/aromatic N) is 1. The maximum Gasteiger partial charge on any atom is 0.314 e. The number of likely N-dealkylation sites (tertiary alicyclic amines) is 1. The Kier molecular flexibility index (Phi) is 4.37. The van der Waals surface area contributed by atoms with Gasteiger partial charge in [0.05, 0.1) is 12.5 Å². The molecule has 2 N–H and O–H groups in total. The number of hydrogen-bond donors (Lipinski definition) is 1. The van der Waals surface area contributed by atoms with E-state index in [0.717, 1.165) is 0 Å². The third-order valence-electron chi connectivity index (χ3n) is 2.79. The molecule has 1 heterocycles. The highest BCUT2D eigenvalue weighted by Crippen LogP contribution is 2.20. The van der Waals surface area contributed by atoms with E-state index in [1.165, 1.54) is 0 Å². The summed E-state index contributed by atoms with van der Waals surface area (Å²) in [4.78, 5) is 24.2. The Morgan fingerprint density at radius 3 is 2.24 bits per heavy atom. The van der Waals surface area contributed by atoms with E-state index in [-0.39, 0.29) is 17.3 Å². The lowest BCUT2D eigenvalue weighted by Gasteiger charge is -2.30. The summed E-state index contributed by atoms with van der Waals surface area (Å²) in [5.74, 6) is -0.239. The molecule has 0 aromatic heterocycles. The lowest BCUT2D eigenvalue weighted by Crippen LogP contribution is -2.43. The topological polar surface area (TPSA) is 72.6 Å². The van der Waals surface area contributed by atoms with Crippen LogP contribution in [0.4, 0.5) is 4.79 Å². The average Bonchev–Trinajstić information content (AvgIpc) is 2.25. The van der Waals surface area contributed by atoms with Crippen molar-refractivity contribution in [3.63, 3.8) is 0 Å². The molecule has 5 nitrogen and oxygen atoms in total. The van der Waals surface area contributed by atoms with Gasteiger partial charge in [0.2, 0.25) is 0 Å². The van der Waals surface area contributed by atoms with E-state index in [4.69, 9.17) is 10.5 Å². The summed E-state index contributed by atoms with van der Waals surface area (Å²) in [6.45, 7) is 7.60. The van der Waals surface area contributed by atoms with E-state index >= 15 is 0 Å². The van der Waals surface area contributed by atoms with E-state index in [2.05, 4.69) is 0 Å². The first-order chi connectivity index (χ1) is 7.79. The molecule has 1 rings (SSSR count). The number of hydrogen-bond acceptors (Lipinski definition) is 3. The number of nitrogens with two attached hydrogens (primary N) is 1. The molecule has 0 aromatic rings. The fourth-order valence-electron chi connectivity index (χ4n) is 1.74. The second-order valence-electron chi connectivity index (χ2n) is 5.77. The average molecular weight is 242 g/mol. The second kappa shape index (κ2) is 5.38. The number of piperidine rings is 1. The number of ether oxygens (including phenoxy) is 1. The summed E-state index contributed by atoms with van der Waals surface area (Å²) in [5.41, 5.74) is 5.16. The molecule has 1 saturated heterocycles. The first kappa shape index (κ1) is 13.8. The van der Waals surface area contributed by atoms with Gasteiger partial charge in [0.15, 0.2) is 0 Å². The second-order valence-corrected chi connectivity index (χ2v) is 5.77. The molecule has 1 fully saturated rings. The summed E-state index contributed by atoms with van der Waals surface area (Å²) in [6, 6.07) is -0.411.